The zero-order valence-corrected chi connectivity index (χ0v) is 11.4. The standard InChI is InChI=1S/C13H20N4/c1-8(2)10-7-11(16(4)5)14-13-12(10)9(3)15-17(13)6/h7-8H,1-6H3. The van der Waals surface area contributed by atoms with Crippen LogP contribution < -0.4 is 4.90 Å². The van der Waals surface area contributed by atoms with Gasteiger partial charge in [-0.25, -0.2) is 4.98 Å². The molecule has 17 heavy (non-hydrogen) atoms. The van der Waals surface area contributed by atoms with E-state index in [0.717, 1.165) is 17.2 Å². The van der Waals surface area contributed by atoms with Crippen molar-refractivity contribution in [2.75, 3.05) is 19.0 Å². The van der Waals surface area contributed by atoms with E-state index in [9.17, 15) is 0 Å². The normalized spacial score (nSPS) is 11.5. The van der Waals surface area contributed by atoms with Gasteiger partial charge in [-0.2, -0.15) is 5.10 Å². The summed E-state index contributed by atoms with van der Waals surface area (Å²) in [6, 6.07) is 2.17. The van der Waals surface area contributed by atoms with Crippen LogP contribution in [0.1, 0.15) is 31.0 Å². The summed E-state index contributed by atoms with van der Waals surface area (Å²) >= 11 is 0. The third-order valence-electron chi connectivity index (χ3n) is 3.07. The summed E-state index contributed by atoms with van der Waals surface area (Å²) in [4.78, 5) is 6.70. The number of aromatic nitrogens is 3. The lowest BCUT2D eigenvalue weighted by molar-refractivity contribution is 0.773. The molecule has 0 amide bonds. The average molecular weight is 232 g/mol. The smallest absolute Gasteiger partial charge is 0.160 e. The fourth-order valence-corrected chi connectivity index (χ4v) is 2.15. The number of anilines is 1. The van der Waals surface area contributed by atoms with Crippen molar-refractivity contribution in [3.05, 3.63) is 17.3 Å². The molecule has 0 N–H and O–H groups in total. The second-order valence-electron chi connectivity index (χ2n) is 5.03. The third-order valence-corrected chi connectivity index (χ3v) is 3.07. The Labute approximate surface area is 102 Å². The van der Waals surface area contributed by atoms with E-state index in [1.165, 1.54) is 10.9 Å². The van der Waals surface area contributed by atoms with E-state index in [2.05, 4.69) is 30.0 Å². The molecule has 0 unspecified atom stereocenters. The van der Waals surface area contributed by atoms with Crippen LogP contribution in [0.4, 0.5) is 5.82 Å². The lowest BCUT2D eigenvalue weighted by Gasteiger charge is -2.15. The molecule has 0 saturated carbocycles. The van der Waals surface area contributed by atoms with Crippen LogP contribution in [0.15, 0.2) is 6.07 Å². The van der Waals surface area contributed by atoms with Gasteiger partial charge in [-0.1, -0.05) is 13.8 Å². The summed E-state index contributed by atoms with van der Waals surface area (Å²) in [5.74, 6) is 1.46. The quantitative estimate of drug-likeness (QED) is 0.797. The summed E-state index contributed by atoms with van der Waals surface area (Å²) in [6.07, 6.45) is 0. The van der Waals surface area contributed by atoms with Crippen molar-refractivity contribution in [1.29, 1.82) is 0 Å². The SMILES string of the molecule is Cc1nn(C)c2nc(N(C)C)cc(C(C)C)c12. The van der Waals surface area contributed by atoms with Gasteiger partial charge in [-0.15, -0.1) is 0 Å². The predicted octanol–water partition coefficient (Wildman–Crippen LogP) is 2.47. The van der Waals surface area contributed by atoms with Gasteiger partial charge in [0.2, 0.25) is 0 Å². The number of pyridine rings is 1. The van der Waals surface area contributed by atoms with Gasteiger partial charge in [0.05, 0.1) is 5.69 Å². The molecule has 92 valence electrons. The van der Waals surface area contributed by atoms with Gasteiger partial charge in [0.25, 0.3) is 0 Å². The minimum absolute atomic E-state index is 0.474. The molecule has 0 fully saturated rings. The molecule has 0 aliphatic heterocycles. The number of nitrogens with zero attached hydrogens (tertiary/aromatic N) is 4. The maximum Gasteiger partial charge on any atom is 0.160 e. The number of hydrogen-bond donors (Lipinski definition) is 0. The van der Waals surface area contributed by atoms with Gasteiger partial charge in [-0.3, -0.25) is 4.68 Å². The Morgan fingerprint density at radius 3 is 2.47 bits per heavy atom. The van der Waals surface area contributed by atoms with Crippen molar-refractivity contribution in [1.82, 2.24) is 14.8 Å². The molecule has 2 aromatic rings. The molecular formula is C13H20N4. The van der Waals surface area contributed by atoms with E-state index in [1.807, 2.05) is 37.6 Å². The van der Waals surface area contributed by atoms with Gasteiger partial charge in [0.1, 0.15) is 5.82 Å². The molecule has 4 nitrogen and oxygen atoms in total. The topological polar surface area (TPSA) is 34.0 Å². The van der Waals surface area contributed by atoms with Crippen LogP contribution in [0.25, 0.3) is 11.0 Å². The van der Waals surface area contributed by atoms with Gasteiger partial charge >= 0.3 is 0 Å². The Bertz CT molecular complexity index is 552. The van der Waals surface area contributed by atoms with E-state index in [0.29, 0.717) is 5.92 Å². The molecule has 0 radical (unpaired) electrons. The van der Waals surface area contributed by atoms with Crippen LogP contribution in [0.3, 0.4) is 0 Å². The van der Waals surface area contributed by atoms with E-state index in [4.69, 9.17) is 0 Å². The lowest BCUT2D eigenvalue weighted by atomic mass is 9.99. The zero-order chi connectivity index (χ0) is 12.7. The van der Waals surface area contributed by atoms with E-state index >= 15 is 0 Å². The van der Waals surface area contributed by atoms with E-state index in [-0.39, 0.29) is 0 Å². The summed E-state index contributed by atoms with van der Waals surface area (Å²) in [5, 5.41) is 5.67. The highest BCUT2D eigenvalue weighted by atomic mass is 15.3. The van der Waals surface area contributed by atoms with E-state index < -0.39 is 0 Å². The molecule has 2 rings (SSSR count). The van der Waals surface area contributed by atoms with Crippen molar-refractivity contribution in [2.45, 2.75) is 26.7 Å². The van der Waals surface area contributed by atoms with Crippen molar-refractivity contribution in [2.24, 2.45) is 7.05 Å². The number of aryl methyl sites for hydroxylation is 2. The third kappa shape index (κ3) is 1.88. The van der Waals surface area contributed by atoms with Crippen molar-refractivity contribution < 1.29 is 0 Å². The molecule has 0 aromatic carbocycles. The molecule has 2 heterocycles. The summed E-state index contributed by atoms with van der Waals surface area (Å²) in [5.41, 5.74) is 3.35. The summed E-state index contributed by atoms with van der Waals surface area (Å²) in [7, 11) is 5.98. The van der Waals surface area contributed by atoms with Crippen LogP contribution in [-0.2, 0) is 7.05 Å². The van der Waals surface area contributed by atoms with Crippen LogP contribution >= 0.6 is 0 Å². The highest BCUT2D eigenvalue weighted by molar-refractivity contribution is 5.84. The Kier molecular flexibility index (Phi) is 2.81. The molecular weight excluding hydrogens is 212 g/mol. The maximum absolute atomic E-state index is 4.66. The Balaban J connectivity index is 2.83. The van der Waals surface area contributed by atoms with Gasteiger partial charge in [-0.05, 0) is 24.5 Å². The predicted molar refractivity (Wildman–Crippen MR) is 71.7 cm³/mol. The second kappa shape index (κ2) is 4.02. The van der Waals surface area contributed by atoms with Crippen LogP contribution in [-0.4, -0.2) is 28.9 Å². The van der Waals surface area contributed by atoms with Crippen LogP contribution in [0.2, 0.25) is 0 Å². The molecule has 0 saturated heterocycles. The first kappa shape index (κ1) is 11.9. The van der Waals surface area contributed by atoms with Crippen molar-refractivity contribution in [3.63, 3.8) is 0 Å². The Morgan fingerprint density at radius 1 is 1.29 bits per heavy atom. The van der Waals surface area contributed by atoms with E-state index in [1.54, 1.807) is 0 Å². The van der Waals surface area contributed by atoms with Crippen molar-refractivity contribution >= 4 is 16.9 Å². The van der Waals surface area contributed by atoms with Gasteiger partial charge in [0.15, 0.2) is 5.65 Å². The first-order valence-electron chi connectivity index (χ1n) is 5.93. The summed E-state index contributed by atoms with van der Waals surface area (Å²) < 4.78 is 1.86. The minimum Gasteiger partial charge on any atom is -0.363 e. The van der Waals surface area contributed by atoms with Gasteiger partial charge in [0, 0.05) is 26.5 Å². The molecule has 2 aromatic heterocycles. The highest BCUT2D eigenvalue weighted by Crippen LogP contribution is 2.29. The highest BCUT2D eigenvalue weighted by Gasteiger charge is 2.15. The first-order valence-corrected chi connectivity index (χ1v) is 5.93. The fraction of sp³-hybridized carbons (Fsp3) is 0.538. The number of hydrogen-bond acceptors (Lipinski definition) is 3. The van der Waals surface area contributed by atoms with Crippen LogP contribution in [0, 0.1) is 6.92 Å². The first-order chi connectivity index (χ1) is 7.91. The monoisotopic (exact) mass is 232 g/mol. The zero-order valence-electron chi connectivity index (χ0n) is 11.4. The van der Waals surface area contributed by atoms with Crippen LogP contribution in [0.5, 0.6) is 0 Å². The number of fused-ring (bicyclic) bond motifs is 1. The Hall–Kier alpha value is -1.58. The number of rotatable bonds is 2. The molecule has 0 spiro atoms. The van der Waals surface area contributed by atoms with Crippen molar-refractivity contribution in [3.8, 4) is 0 Å². The largest absolute Gasteiger partial charge is 0.363 e. The maximum atomic E-state index is 4.66. The Morgan fingerprint density at radius 2 is 1.94 bits per heavy atom. The summed E-state index contributed by atoms with van der Waals surface area (Å²) in [6.45, 7) is 6.46. The molecule has 4 heteroatoms. The fourth-order valence-electron chi connectivity index (χ4n) is 2.15. The molecule has 0 atom stereocenters. The second-order valence-corrected chi connectivity index (χ2v) is 5.03. The molecule has 0 aliphatic rings. The minimum atomic E-state index is 0.474. The molecule has 0 bridgehead atoms. The molecule has 0 aliphatic carbocycles. The van der Waals surface area contributed by atoms with Gasteiger partial charge < -0.3 is 4.90 Å². The lowest BCUT2D eigenvalue weighted by Crippen LogP contribution is -2.12. The average Bonchev–Trinajstić information content (AvgIpc) is 2.53.